The molecule has 0 amide bonds. The Morgan fingerprint density at radius 3 is 2.08 bits per heavy atom. The summed E-state index contributed by atoms with van der Waals surface area (Å²) >= 11 is 0. The van der Waals surface area contributed by atoms with Gasteiger partial charge in [-0.15, -0.1) is 0 Å². The minimum absolute atomic E-state index is 0.503. The predicted octanol–water partition coefficient (Wildman–Crippen LogP) is 2.82. The largest absolute Gasteiger partial charge is 0.399 e. The molecule has 1 nitrogen and oxygen atoms in total. The minimum Gasteiger partial charge on any atom is -0.399 e. The van der Waals surface area contributed by atoms with Crippen molar-refractivity contribution < 1.29 is 4.39 Å². The maximum atomic E-state index is 13.4. The van der Waals surface area contributed by atoms with Gasteiger partial charge in [0.05, 0.1) is 0 Å². The number of nitrogens with two attached hydrogens (primary N) is 1. The predicted molar refractivity (Wildman–Crippen MR) is 53.8 cm³/mol. The summed E-state index contributed by atoms with van der Waals surface area (Å²) in [6, 6.07) is 7.01. The van der Waals surface area contributed by atoms with E-state index in [1.54, 1.807) is 24.3 Å². The Kier molecular flexibility index (Phi) is 2.41. The SMILES string of the molecule is C=C(N)c1ccc(C(C)(C)F)cc1. The van der Waals surface area contributed by atoms with E-state index in [1.165, 1.54) is 13.8 Å². The van der Waals surface area contributed by atoms with Gasteiger partial charge in [-0.2, -0.15) is 0 Å². The highest BCUT2D eigenvalue weighted by molar-refractivity contribution is 5.60. The van der Waals surface area contributed by atoms with Gasteiger partial charge in [0.25, 0.3) is 0 Å². The first-order valence-corrected chi connectivity index (χ1v) is 4.15. The van der Waals surface area contributed by atoms with Crippen LogP contribution in [0.25, 0.3) is 5.70 Å². The van der Waals surface area contributed by atoms with Crippen molar-refractivity contribution in [3.63, 3.8) is 0 Å². The van der Waals surface area contributed by atoms with Crippen LogP contribution in [-0.4, -0.2) is 0 Å². The highest BCUT2D eigenvalue weighted by Gasteiger charge is 2.17. The lowest BCUT2D eigenvalue weighted by atomic mass is 9.98. The zero-order valence-electron chi connectivity index (χ0n) is 7.97. The van der Waals surface area contributed by atoms with E-state index < -0.39 is 5.67 Å². The van der Waals surface area contributed by atoms with Gasteiger partial charge in [-0.3, -0.25) is 0 Å². The van der Waals surface area contributed by atoms with Crippen LogP contribution in [-0.2, 0) is 5.67 Å². The fourth-order valence-electron chi connectivity index (χ4n) is 1.08. The Labute approximate surface area is 78.1 Å². The van der Waals surface area contributed by atoms with Gasteiger partial charge in [0, 0.05) is 5.70 Å². The molecular formula is C11H14FN. The van der Waals surface area contributed by atoms with Crippen LogP contribution in [0.15, 0.2) is 30.8 Å². The molecule has 0 saturated heterocycles. The van der Waals surface area contributed by atoms with Crippen LogP contribution in [0.1, 0.15) is 25.0 Å². The van der Waals surface area contributed by atoms with Crippen LogP contribution in [0.4, 0.5) is 4.39 Å². The van der Waals surface area contributed by atoms with E-state index >= 15 is 0 Å². The average molecular weight is 179 g/mol. The van der Waals surface area contributed by atoms with Gasteiger partial charge in [0.1, 0.15) is 5.67 Å². The molecule has 0 aliphatic rings. The molecular weight excluding hydrogens is 165 g/mol. The summed E-state index contributed by atoms with van der Waals surface area (Å²) in [6.45, 7) is 6.66. The number of hydrogen-bond acceptors (Lipinski definition) is 1. The van der Waals surface area contributed by atoms with Crippen molar-refractivity contribution in [2.75, 3.05) is 0 Å². The zero-order valence-corrected chi connectivity index (χ0v) is 7.97. The van der Waals surface area contributed by atoms with Crippen molar-refractivity contribution in [2.45, 2.75) is 19.5 Å². The molecule has 2 N–H and O–H groups in total. The van der Waals surface area contributed by atoms with Gasteiger partial charge in [-0.25, -0.2) is 4.39 Å². The number of halogens is 1. The van der Waals surface area contributed by atoms with E-state index in [1.807, 2.05) is 0 Å². The van der Waals surface area contributed by atoms with Crippen LogP contribution in [0, 0.1) is 0 Å². The standard InChI is InChI=1S/C11H14FN/c1-8(13)9-4-6-10(7-5-9)11(2,3)12/h4-7H,1,13H2,2-3H3. The smallest absolute Gasteiger partial charge is 0.130 e. The Morgan fingerprint density at radius 1 is 1.31 bits per heavy atom. The molecule has 0 fully saturated rings. The van der Waals surface area contributed by atoms with Gasteiger partial charge in [-0.05, 0) is 25.0 Å². The molecule has 0 spiro atoms. The molecule has 70 valence electrons. The second kappa shape index (κ2) is 3.21. The summed E-state index contributed by atoms with van der Waals surface area (Å²) in [6.07, 6.45) is 0. The quantitative estimate of drug-likeness (QED) is 0.742. The first-order valence-electron chi connectivity index (χ1n) is 4.15. The zero-order chi connectivity index (χ0) is 10.1. The van der Waals surface area contributed by atoms with Crippen LogP contribution >= 0.6 is 0 Å². The Morgan fingerprint density at radius 2 is 1.77 bits per heavy atom. The lowest BCUT2D eigenvalue weighted by Gasteiger charge is -2.14. The Hall–Kier alpha value is -1.31. The number of alkyl halides is 1. The van der Waals surface area contributed by atoms with Crippen LogP contribution in [0.2, 0.25) is 0 Å². The van der Waals surface area contributed by atoms with E-state index in [-0.39, 0.29) is 0 Å². The van der Waals surface area contributed by atoms with Crippen LogP contribution < -0.4 is 5.73 Å². The van der Waals surface area contributed by atoms with Gasteiger partial charge in [0.15, 0.2) is 0 Å². The Bertz CT molecular complexity index is 306. The molecule has 0 atom stereocenters. The highest BCUT2D eigenvalue weighted by atomic mass is 19.1. The summed E-state index contributed by atoms with van der Waals surface area (Å²) < 4.78 is 13.4. The fraction of sp³-hybridized carbons (Fsp3) is 0.273. The third-order valence-electron chi connectivity index (χ3n) is 1.94. The molecule has 0 unspecified atom stereocenters. The van der Waals surface area contributed by atoms with Crippen molar-refractivity contribution in [1.29, 1.82) is 0 Å². The highest BCUT2D eigenvalue weighted by Crippen LogP contribution is 2.24. The van der Waals surface area contributed by atoms with Crippen LogP contribution in [0.5, 0.6) is 0 Å². The third-order valence-corrected chi connectivity index (χ3v) is 1.94. The lowest BCUT2D eigenvalue weighted by molar-refractivity contribution is 0.221. The summed E-state index contributed by atoms with van der Waals surface area (Å²) in [4.78, 5) is 0. The van der Waals surface area contributed by atoms with Crippen molar-refractivity contribution in [1.82, 2.24) is 0 Å². The first kappa shape index (κ1) is 9.78. The topological polar surface area (TPSA) is 26.0 Å². The van der Waals surface area contributed by atoms with Crippen molar-refractivity contribution in [2.24, 2.45) is 5.73 Å². The second-order valence-corrected chi connectivity index (χ2v) is 3.58. The van der Waals surface area contributed by atoms with E-state index in [9.17, 15) is 4.39 Å². The first-order chi connectivity index (χ1) is 5.91. The molecule has 2 heteroatoms. The van der Waals surface area contributed by atoms with Gasteiger partial charge >= 0.3 is 0 Å². The van der Waals surface area contributed by atoms with Crippen molar-refractivity contribution >= 4 is 5.70 Å². The molecule has 1 aromatic rings. The van der Waals surface area contributed by atoms with Crippen LogP contribution in [0.3, 0.4) is 0 Å². The molecule has 0 radical (unpaired) electrons. The summed E-state index contributed by atoms with van der Waals surface area (Å²) in [5.74, 6) is 0. The van der Waals surface area contributed by atoms with E-state index in [0.717, 1.165) is 5.56 Å². The van der Waals surface area contributed by atoms with Gasteiger partial charge < -0.3 is 5.73 Å². The number of rotatable bonds is 2. The molecule has 13 heavy (non-hydrogen) atoms. The molecule has 1 rings (SSSR count). The average Bonchev–Trinajstić information content (AvgIpc) is 2.03. The molecule has 0 aliphatic carbocycles. The molecule has 0 saturated carbocycles. The molecule has 0 heterocycles. The molecule has 0 bridgehead atoms. The third kappa shape index (κ3) is 2.31. The minimum atomic E-state index is -1.30. The molecule has 0 aromatic heterocycles. The maximum absolute atomic E-state index is 13.4. The number of hydrogen-bond donors (Lipinski definition) is 1. The molecule has 0 aliphatic heterocycles. The van der Waals surface area contributed by atoms with Gasteiger partial charge in [0.2, 0.25) is 0 Å². The van der Waals surface area contributed by atoms with Gasteiger partial charge in [-0.1, -0.05) is 30.8 Å². The van der Waals surface area contributed by atoms with Crippen molar-refractivity contribution in [3.05, 3.63) is 42.0 Å². The Balaban J connectivity index is 3.01. The second-order valence-electron chi connectivity index (χ2n) is 3.58. The monoisotopic (exact) mass is 179 g/mol. The summed E-state index contributed by atoms with van der Waals surface area (Å²) in [5, 5.41) is 0. The summed E-state index contributed by atoms with van der Waals surface area (Å²) in [5.41, 5.74) is 6.18. The molecule has 1 aromatic carbocycles. The van der Waals surface area contributed by atoms with E-state index in [2.05, 4.69) is 6.58 Å². The fourth-order valence-corrected chi connectivity index (χ4v) is 1.08. The lowest BCUT2D eigenvalue weighted by Crippen LogP contribution is -2.08. The summed E-state index contributed by atoms with van der Waals surface area (Å²) in [7, 11) is 0. The van der Waals surface area contributed by atoms with E-state index in [0.29, 0.717) is 11.3 Å². The van der Waals surface area contributed by atoms with Crippen molar-refractivity contribution in [3.8, 4) is 0 Å². The normalized spacial score (nSPS) is 11.3. The number of benzene rings is 1. The maximum Gasteiger partial charge on any atom is 0.130 e. The van der Waals surface area contributed by atoms with E-state index in [4.69, 9.17) is 5.73 Å².